The monoisotopic (exact) mass is 317 g/mol. The fraction of sp³-hybridized carbons (Fsp3) is 0.385. The van der Waals surface area contributed by atoms with Gasteiger partial charge in [-0.25, -0.2) is 9.78 Å². The van der Waals surface area contributed by atoms with Gasteiger partial charge in [-0.05, 0) is 37.6 Å². The number of fused-ring (bicyclic) bond motifs is 1. The second kappa shape index (κ2) is 6.92. The molecule has 0 spiro atoms. The molecule has 1 aromatic heterocycles. The van der Waals surface area contributed by atoms with Crippen molar-refractivity contribution in [1.29, 1.82) is 0 Å². The van der Waals surface area contributed by atoms with Gasteiger partial charge in [0, 0.05) is 0 Å². The van der Waals surface area contributed by atoms with Gasteiger partial charge in [-0.1, -0.05) is 0 Å². The zero-order valence-electron chi connectivity index (χ0n) is 11.0. The van der Waals surface area contributed by atoms with Gasteiger partial charge in [-0.2, -0.15) is 0 Å². The molecule has 5 nitrogen and oxygen atoms in total. The number of carbonyl (C=O) groups excluding carboxylic acids is 1. The van der Waals surface area contributed by atoms with E-state index in [9.17, 15) is 4.79 Å². The zero-order chi connectivity index (χ0) is 12.5. The number of ether oxygens (including phenoxy) is 1. The normalized spacial score (nSPS) is 17.4. The number of aromatic nitrogens is 2. The highest BCUT2D eigenvalue weighted by Crippen LogP contribution is 2.23. The minimum Gasteiger partial charge on any atom is -0.465 e. The third-order valence-electron chi connectivity index (χ3n) is 3.31. The molecular formula is C13H17Cl2N3O2. The summed E-state index contributed by atoms with van der Waals surface area (Å²) in [5, 5.41) is 3.40. The van der Waals surface area contributed by atoms with Gasteiger partial charge in [0.2, 0.25) is 0 Å². The van der Waals surface area contributed by atoms with Crippen LogP contribution in [-0.2, 0) is 4.74 Å². The van der Waals surface area contributed by atoms with E-state index in [-0.39, 0.29) is 30.8 Å². The maximum atomic E-state index is 11.5. The Morgan fingerprint density at radius 1 is 1.40 bits per heavy atom. The number of nitrogens with zero attached hydrogens (tertiary/aromatic N) is 1. The van der Waals surface area contributed by atoms with Gasteiger partial charge in [0.25, 0.3) is 0 Å². The molecule has 0 aliphatic carbocycles. The number of rotatable bonds is 2. The van der Waals surface area contributed by atoms with Gasteiger partial charge in [-0.15, -0.1) is 24.8 Å². The number of benzene rings is 1. The second-order valence-corrected chi connectivity index (χ2v) is 4.49. The second-order valence-electron chi connectivity index (χ2n) is 4.49. The molecular weight excluding hydrogens is 301 g/mol. The summed E-state index contributed by atoms with van der Waals surface area (Å²) in [4.78, 5) is 19.3. The van der Waals surface area contributed by atoms with E-state index in [1.807, 2.05) is 6.07 Å². The molecule has 1 fully saturated rings. The van der Waals surface area contributed by atoms with Crippen molar-refractivity contribution in [3.8, 4) is 0 Å². The molecule has 0 amide bonds. The highest BCUT2D eigenvalue weighted by atomic mass is 35.5. The lowest BCUT2D eigenvalue weighted by atomic mass is 10.2. The SMILES string of the molecule is COC(=O)c1ccc2nc(C3CCCN3)[nH]c2c1.Cl.Cl. The molecule has 3 rings (SSSR count). The van der Waals surface area contributed by atoms with Crippen molar-refractivity contribution in [2.24, 2.45) is 0 Å². The van der Waals surface area contributed by atoms with Crippen molar-refractivity contribution in [3.05, 3.63) is 29.6 Å². The molecule has 0 bridgehead atoms. The van der Waals surface area contributed by atoms with Crippen molar-refractivity contribution in [2.45, 2.75) is 18.9 Å². The molecule has 0 radical (unpaired) electrons. The van der Waals surface area contributed by atoms with Gasteiger partial charge in [0.15, 0.2) is 0 Å². The van der Waals surface area contributed by atoms with Crippen LogP contribution in [0.25, 0.3) is 11.0 Å². The van der Waals surface area contributed by atoms with Gasteiger partial charge in [0.1, 0.15) is 5.82 Å². The van der Waals surface area contributed by atoms with Crippen molar-refractivity contribution >= 4 is 41.8 Å². The van der Waals surface area contributed by atoms with Crippen molar-refractivity contribution in [2.75, 3.05) is 13.7 Å². The average molecular weight is 318 g/mol. The number of carbonyl (C=O) groups is 1. The summed E-state index contributed by atoms with van der Waals surface area (Å²) in [6, 6.07) is 5.67. The molecule has 2 N–H and O–H groups in total. The Hall–Kier alpha value is -1.30. The number of nitrogens with one attached hydrogen (secondary N) is 2. The molecule has 1 unspecified atom stereocenters. The quantitative estimate of drug-likeness (QED) is 0.835. The van der Waals surface area contributed by atoms with E-state index < -0.39 is 0 Å². The van der Waals surface area contributed by atoms with Crippen molar-refractivity contribution in [3.63, 3.8) is 0 Å². The minimum atomic E-state index is -0.327. The number of aromatic amines is 1. The first kappa shape index (κ1) is 16.8. The minimum absolute atomic E-state index is 0. The van der Waals surface area contributed by atoms with Crippen LogP contribution in [0, 0.1) is 0 Å². The molecule has 1 aliphatic rings. The Morgan fingerprint density at radius 3 is 2.85 bits per heavy atom. The predicted octanol–water partition coefficient (Wildman–Crippen LogP) is 2.62. The number of methoxy groups -OCH3 is 1. The number of halogens is 2. The van der Waals surface area contributed by atoms with E-state index in [1.54, 1.807) is 12.1 Å². The Kier molecular flexibility index (Phi) is 5.80. The van der Waals surface area contributed by atoms with Crippen LogP contribution < -0.4 is 5.32 Å². The third-order valence-corrected chi connectivity index (χ3v) is 3.31. The zero-order valence-corrected chi connectivity index (χ0v) is 12.6. The van der Waals surface area contributed by atoms with E-state index in [0.29, 0.717) is 11.6 Å². The van der Waals surface area contributed by atoms with Crippen LogP contribution in [0.5, 0.6) is 0 Å². The molecule has 1 aromatic carbocycles. The number of H-pyrrole nitrogens is 1. The van der Waals surface area contributed by atoms with Crippen molar-refractivity contribution in [1.82, 2.24) is 15.3 Å². The molecule has 20 heavy (non-hydrogen) atoms. The Morgan fingerprint density at radius 2 is 2.20 bits per heavy atom. The first-order chi connectivity index (χ1) is 8.78. The Bertz CT molecular complexity index is 594. The van der Waals surface area contributed by atoms with E-state index in [0.717, 1.165) is 29.8 Å². The highest BCUT2D eigenvalue weighted by molar-refractivity contribution is 5.93. The highest BCUT2D eigenvalue weighted by Gasteiger charge is 2.19. The maximum absolute atomic E-state index is 11.5. The lowest BCUT2D eigenvalue weighted by Gasteiger charge is -2.04. The fourth-order valence-electron chi connectivity index (χ4n) is 2.36. The molecule has 2 heterocycles. The van der Waals surface area contributed by atoms with E-state index in [1.165, 1.54) is 13.5 Å². The molecule has 0 saturated carbocycles. The first-order valence-electron chi connectivity index (χ1n) is 6.09. The molecule has 1 aliphatic heterocycles. The Labute approximate surface area is 129 Å². The smallest absolute Gasteiger partial charge is 0.337 e. The average Bonchev–Trinajstić information content (AvgIpc) is 3.04. The van der Waals surface area contributed by atoms with Gasteiger partial charge in [0.05, 0.1) is 29.7 Å². The van der Waals surface area contributed by atoms with E-state index >= 15 is 0 Å². The fourth-order valence-corrected chi connectivity index (χ4v) is 2.36. The topological polar surface area (TPSA) is 67.0 Å². The third kappa shape index (κ3) is 3.06. The van der Waals surface area contributed by atoms with Crippen LogP contribution in [-0.4, -0.2) is 29.6 Å². The summed E-state index contributed by atoms with van der Waals surface area (Å²) in [6.07, 6.45) is 2.28. The van der Waals surface area contributed by atoms with Gasteiger partial charge < -0.3 is 15.0 Å². The van der Waals surface area contributed by atoms with Gasteiger partial charge in [-0.3, -0.25) is 0 Å². The number of esters is 1. The van der Waals surface area contributed by atoms with Crippen LogP contribution in [0.15, 0.2) is 18.2 Å². The summed E-state index contributed by atoms with van der Waals surface area (Å²) >= 11 is 0. The lowest BCUT2D eigenvalue weighted by Crippen LogP contribution is -2.13. The van der Waals surface area contributed by atoms with E-state index in [2.05, 4.69) is 15.3 Å². The summed E-state index contributed by atoms with van der Waals surface area (Å²) < 4.78 is 4.71. The van der Waals surface area contributed by atoms with Crippen LogP contribution >= 0.6 is 24.8 Å². The van der Waals surface area contributed by atoms with Crippen LogP contribution in [0.4, 0.5) is 0 Å². The standard InChI is InChI=1S/C13H15N3O2.2ClH/c1-18-13(17)8-4-5-9-11(7-8)16-12(15-9)10-3-2-6-14-10;;/h4-5,7,10,14H,2-3,6H2,1H3,(H,15,16);2*1H. The summed E-state index contributed by atoms with van der Waals surface area (Å²) in [5.74, 6) is 0.622. The molecule has 1 saturated heterocycles. The lowest BCUT2D eigenvalue weighted by molar-refractivity contribution is 0.0601. The number of imidazole rings is 1. The molecule has 7 heteroatoms. The van der Waals surface area contributed by atoms with E-state index in [4.69, 9.17) is 4.74 Å². The van der Waals surface area contributed by atoms with Crippen LogP contribution in [0.2, 0.25) is 0 Å². The number of hydrogen-bond acceptors (Lipinski definition) is 4. The van der Waals surface area contributed by atoms with Crippen LogP contribution in [0.1, 0.15) is 35.1 Å². The first-order valence-corrected chi connectivity index (χ1v) is 6.09. The predicted molar refractivity (Wildman–Crippen MR) is 81.9 cm³/mol. The summed E-state index contributed by atoms with van der Waals surface area (Å²) in [5.41, 5.74) is 2.30. The van der Waals surface area contributed by atoms with Crippen LogP contribution in [0.3, 0.4) is 0 Å². The van der Waals surface area contributed by atoms with Crippen molar-refractivity contribution < 1.29 is 9.53 Å². The molecule has 2 aromatic rings. The molecule has 110 valence electrons. The summed E-state index contributed by atoms with van der Waals surface area (Å²) in [6.45, 7) is 1.04. The van der Waals surface area contributed by atoms with Gasteiger partial charge >= 0.3 is 5.97 Å². The molecule has 1 atom stereocenters. The Balaban J connectivity index is 0.000001000. The largest absolute Gasteiger partial charge is 0.465 e. The summed E-state index contributed by atoms with van der Waals surface area (Å²) in [7, 11) is 1.38. The maximum Gasteiger partial charge on any atom is 0.337 e. The number of hydrogen-bond donors (Lipinski definition) is 2.